The van der Waals surface area contributed by atoms with Crippen molar-refractivity contribution in [3.05, 3.63) is 70.5 Å². The van der Waals surface area contributed by atoms with Crippen molar-refractivity contribution in [1.29, 1.82) is 0 Å². The Morgan fingerprint density at radius 1 is 1.26 bits per heavy atom. The number of aromatic nitrogens is 2. The molecule has 1 aliphatic carbocycles. The van der Waals surface area contributed by atoms with Gasteiger partial charge in [0.2, 0.25) is 0 Å². The van der Waals surface area contributed by atoms with Crippen molar-refractivity contribution in [3.63, 3.8) is 0 Å². The minimum atomic E-state index is -0.692. The van der Waals surface area contributed by atoms with Crippen LogP contribution in [0.5, 0.6) is 5.75 Å². The molecule has 5 rings (SSSR count). The lowest BCUT2D eigenvalue weighted by Gasteiger charge is -2.31. The van der Waals surface area contributed by atoms with E-state index < -0.39 is 6.10 Å². The number of hydrogen-bond donors (Lipinski definition) is 3. The number of rotatable bonds is 10. The zero-order valence-electron chi connectivity index (χ0n) is 21.9. The number of pyridine rings is 1. The number of aliphatic hydroxyl groups excluding tert-OH is 1. The number of fused-ring (bicyclic) bond motifs is 1. The number of nitrogens with one attached hydrogen (secondary N) is 2. The number of anilines is 1. The molecule has 0 spiro atoms. The maximum Gasteiger partial charge on any atom is 0.251 e. The van der Waals surface area contributed by atoms with Gasteiger partial charge in [-0.25, -0.2) is 9.97 Å². The summed E-state index contributed by atoms with van der Waals surface area (Å²) in [7, 11) is 0. The lowest BCUT2D eigenvalue weighted by molar-refractivity contribution is 0.0841. The van der Waals surface area contributed by atoms with E-state index in [-0.39, 0.29) is 32.6 Å². The van der Waals surface area contributed by atoms with E-state index in [1.165, 1.54) is 25.7 Å². The third kappa shape index (κ3) is 7.88. The quantitative estimate of drug-likeness (QED) is 0.329. The Bertz CT molecular complexity index is 1220. The van der Waals surface area contributed by atoms with Crippen LogP contribution < -0.4 is 15.4 Å². The summed E-state index contributed by atoms with van der Waals surface area (Å²) in [6.07, 6.45) is 10.7. The fraction of sp³-hybridized carbons (Fsp3) is 0.464. The molecule has 1 amide bonds. The number of benzene rings is 1. The van der Waals surface area contributed by atoms with Crippen LogP contribution in [0, 0.1) is 0 Å². The fourth-order valence-corrected chi connectivity index (χ4v) is 5.49. The predicted molar refractivity (Wildman–Crippen MR) is 155 cm³/mol. The van der Waals surface area contributed by atoms with Gasteiger partial charge in [0, 0.05) is 44.0 Å². The molecule has 11 heteroatoms. The van der Waals surface area contributed by atoms with Crippen LogP contribution in [0.2, 0.25) is 5.02 Å². The molecule has 210 valence electrons. The molecule has 0 saturated heterocycles. The Balaban J connectivity index is 0.00000353. The van der Waals surface area contributed by atoms with E-state index in [2.05, 4.69) is 25.5 Å². The highest BCUT2D eigenvalue weighted by atomic mass is 35.5. The van der Waals surface area contributed by atoms with Crippen LogP contribution in [0.25, 0.3) is 0 Å². The summed E-state index contributed by atoms with van der Waals surface area (Å²) < 4.78 is 11.0. The van der Waals surface area contributed by atoms with Gasteiger partial charge in [-0.15, -0.1) is 0 Å². The number of halogens is 1. The molecule has 1 saturated carbocycles. The van der Waals surface area contributed by atoms with Gasteiger partial charge in [-0.05, 0) is 48.6 Å². The maximum absolute atomic E-state index is 12.7. The molecular formula is C28H36ClN5O4S. The Kier molecular flexibility index (Phi) is 10.5. The molecule has 0 bridgehead atoms. The minimum absolute atomic E-state index is 0. The average molecular weight is 574 g/mol. The predicted octanol–water partition coefficient (Wildman–Crippen LogP) is 4.31. The second-order valence-corrected chi connectivity index (χ2v) is 10.4. The number of carbonyl (C=O) groups excluding carboxylic acids is 1. The van der Waals surface area contributed by atoms with Gasteiger partial charge in [-0.1, -0.05) is 36.9 Å². The van der Waals surface area contributed by atoms with Crippen molar-refractivity contribution >= 4 is 36.8 Å². The number of oxazole rings is 1. The van der Waals surface area contributed by atoms with Crippen LogP contribution in [0.3, 0.4) is 0 Å². The summed E-state index contributed by atoms with van der Waals surface area (Å²) in [6, 6.07) is 7.77. The molecule has 1 fully saturated rings. The molecule has 3 N–H and O–H groups in total. The highest BCUT2D eigenvalue weighted by molar-refractivity contribution is 7.59. The molecule has 0 radical (unpaired) electrons. The Hall–Kier alpha value is -2.79. The first-order valence-corrected chi connectivity index (χ1v) is 13.6. The van der Waals surface area contributed by atoms with Gasteiger partial charge < -0.3 is 24.9 Å². The van der Waals surface area contributed by atoms with E-state index in [4.69, 9.17) is 20.8 Å². The molecule has 1 aliphatic heterocycles. The first kappa shape index (κ1) is 29.2. The summed E-state index contributed by atoms with van der Waals surface area (Å²) in [6.45, 7) is 2.31. The molecule has 1 aromatic carbocycles. The first-order valence-electron chi connectivity index (χ1n) is 13.3. The second kappa shape index (κ2) is 14.0. The fourth-order valence-electron chi connectivity index (χ4n) is 5.16. The van der Waals surface area contributed by atoms with E-state index in [1.54, 1.807) is 24.5 Å². The Morgan fingerprint density at radius 3 is 2.90 bits per heavy atom. The van der Waals surface area contributed by atoms with E-state index in [0.29, 0.717) is 41.2 Å². The van der Waals surface area contributed by atoms with Crippen LogP contribution in [0.1, 0.15) is 59.3 Å². The Labute approximate surface area is 240 Å². The highest BCUT2D eigenvalue weighted by Crippen LogP contribution is 2.34. The van der Waals surface area contributed by atoms with E-state index >= 15 is 0 Å². The topological polar surface area (TPSA) is 113 Å². The van der Waals surface area contributed by atoms with Crippen molar-refractivity contribution in [2.75, 3.05) is 25.0 Å². The number of hydrogen-bond acceptors (Lipinski definition) is 8. The molecule has 0 unspecified atom stereocenters. The largest absolute Gasteiger partial charge is 0.484 e. The SMILES string of the molecule is O=C(NC[C@H](O)CN1CCc2c(ccc(OCc3cnco3)c2Cl)C1)c1ccnc(NC2CCCCC2)c1.S. The number of carbonyl (C=O) groups is 1. The van der Waals surface area contributed by atoms with Gasteiger partial charge in [0.1, 0.15) is 18.2 Å². The summed E-state index contributed by atoms with van der Waals surface area (Å²) in [4.78, 5) is 23.1. The standard InChI is InChI=1S/C28H34ClN5O4.H2S/c29-27-24-9-11-34(15-20(24)6-7-25(27)37-17-23-14-30-18-38-23)16-22(35)13-32-28(36)19-8-10-31-26(12-19)33-21-4-2-1-3-5-21;/h6-8,10,12,14,18,21-22,35H,1-5,9,11,13,15-17H2,(H,31,33)(H,32,36);1H2/t22-;/m0./s1. The normalized spacial score (nSPS) is 16.6. The number of aliphatic hydroxyl groups is 1. The second-order valence-electron chi connectivity index (χ2n) is 10.0. The summed E-state index contributed by atoms with van der Waals surface area (Å²) in [5.74, 6) is 1.76. The molecule has 2 aromatic heterocycles. The van der Waals surface area contributed by atoms with Crippen molar-refractivity contribution in [2.45, 2.75) is 63.8 Å². The zero-order valence-corrected chi connectivity index (χ0v) is 23.6. The number of nitrogens with zero attached hydrogens (tertiary/aromatic N) is 3. The minimum Gasteiger partial charge on any atom is -0.484 e. The van der Waals surface area contributed by atoms with Crippen LogP contribution in [0.4, 0.5) is 5.82 Å². The summed E-state index contributed by atoms with van der Waals surface area (Å²) in [5, 5.41) is 17.6. The van der Waals surface area contributed by atoms with E-state index in [1.807, 2.05) is 12.1 Å². The van der Waals surface area contributed by atoms with Crippen LogP contribution in [-0.2, 0) is 19.6 Å². The number of β-amino-alcohol motifs (C(OH)–C–C–N with tert-alkyl or cyclic N) is 1. The van der Waals surface area contributed by atoms with Crippen molar-refractivity contribution in [2.24, 2.45) is 0 Å². The average Bonchev–Trinajstić information content (AvgIpc) is 3.46. The zero-order chi connectivity index (χ0) is 26.3. The van der Waals surface area contributed by atoms with E-state index in [9.17, 15) is 9.90 Å². The molecule has 3 aromatic rings. The monoisotopic (exact) mass is 573 g/mol. The first-order chi connectivity index (χ1) is 18.5. The summed E-state index contributed by atoms with van der Waals surface area (Å²) in [5.41, 5.74) is 2.71. The van der Waals surface area contributed by atoms with Gasteiger partial charge in [0.05, 0.1) is 17.3 Å². The van der Waals surface area contributed by atoms with Crippen molar-refractivity contribution in [3.8, 4) is 5.75 Å². The third-order valence-electron chi connectivity index (χ3n) is 7.18. The third-order valence-corrected chi connectivity index (χ3v) is 7.59. The van der Waals surface area contributed by atoms with Crippen LogP contribution in [-0.4, -0.2) is 57.7 Å². The lowest BCUT2D eigenvalue weighted by atomic mass is 9.95. The van der Waals surface area contributed by atoms with Gasteiger partial charge >= 0.3 is 0 Å². The molecular weight excluding hydrogens is 538 g/mol. The Morgan fingerprint density at radius 2 is 2.10 bits per heavy atom. The van der Waals surface area contributed by atoms with E-state index in [0.717, 1.165) is 42.8 Å². The van der Waals surface area contributed by atoms with Crippen molar-refractivity contribution in [1.82, 2.24) is 20.2 Å². The summed E-state index contributed by atoms with van der Waals surface area (Å²) >= 11 is 6.63. The van der Waals surface area contributed by atoms with Gasteiger partial charge in [0.25, 0.3) is 5.91 Å². The molecule has 2 aliphatic rings. The molecule has 1 atom stereocenters. The molecule has 9 nitrogen and oxygen atoms in total. The highest BCUT2D eigenvalue weighted by Gasteiger charge is 2.23. The maximum atomic E-state index is 12.7. The van der Waals surface area contributed by atoms with Gasteiger partial charge in [-0.2, -0.15) is 13.5 Å². The number of ether oxygens (including phenoxy) is 1. The van der Waals surface area contributed by atoms with Gasteiger partial charge in [0.15, 0.2) is 12.2 Å². The van der Waals surface area contributed by atoms with Crippen molar-refractivity contribution < 1.29 is 19.1 Å². The smallest absolute Gasteiger partial charge is 0.251 e. The molecule has 3 heterocycles. The van der Waals surface area contributed by atoms with Crippen LogP contribution in [0.15, 0.2) is 47.5 Å². The van der Waals surface area contributed by atoms with Crippen LogP contribution >= 0.6 is 25.1 Å². The molecule has 39 heavy (non-hydrogen) atoms. The van der Waals surface area contributed by atoms with Gasteiger partial charge in [-0.3, -0.25) is 9.69 Å². The lowest BCUT2D eigenvalue weighted by Crippen LogP contribution is -2.42. The number of amides is 1.